The van der Waals surface area contributed by atoms with E-state index >= 15 is 0 Å². The molecule has 0 spiro atoms. The first-order chi connectivity index (χ1) is 8.97. The number of amides is 1. The van der Waals surface area contributed by atoms with Gasteiger partial charge in [0.25, 0.3) is 0 Å². The van der Waals surface area contributed by atoms with Crippen molar-refractivity contribution in [3.05, 3.63) is 52.0 Å². The number of benzene rings is 2. The number of nitrogen functional groups attached to an aromatic ring is 1. The molecule has 0 aliphatic carbocycles. The topological polar surface area (TPSA) is 78.3 Å². The maximum atomic E-state index is 11.1. The van der Waals surface area contributed by atoms with Crippen LogP contribution in [0.15, 0.2) is 40.9 Å². The molecule has 0 aliphatic rings. The highest BCUT2D eigenvalue weighted by Gasteiger charge is 2.09. The van der Waals surface area contributed by atoms with Crippen molar-refractivity contribution in [3.8, 4) is 11.5 Å². The molecular formula is C14H13BrN2O2. The van der Waals surface area contributed by atoms with Gasteiger partial charge in [-0.3, -0.25) is 4.79 Å². The number of anilines is 1. The SMILES string of the molecule is Cc1ccc(Oc2cc(C(N)=O)ccc2N)c(Br)c1. The lowest BCUT2D eigenvalue weighted by Gasteiger charge is -2.11. The van der Waals surface area contributed by atoms with Crippen LogP contribution in [0.3, 0.4) is 0 Å². The predicted molar refractivity (Wildman–Crippen MR) is 78.3 cm³/mol. The lowest BCUT2D eigenvalue weighted by molar-refractivity contribution is 0.1000. The Morgan fingerprint density at radius 2 is 1.89 bits per heavy atom. The summed E-state index contributed by atoms with van der Waals surface area (Å²) >= 11 is 3.42. The van der Waals surface area contributed by atoms with E-state index < -0.39 is 5.91 Å². The van der Waals surface area contributed by atoms with Gasteiger partial charge in [0.1, 0.15) is 5.75 Å². The van der Waals surface area contributed by atoms with E-state index in [4.69, 9.17) is 16.2 Å². The summed E-state index contributed by atoms with van der Waals surface area (Å²) < 4.78 is 6.52. The first-order valence-electron chi connectivity index (χ1n) is 5.60. The number of halogens is 1. The van der Waals surface area contributed by atoms with E-state index in [0.717, 1.165) is 10.0 Å². The van der Waals surface area contributed by atoms with Crippen molar-refractivity contribution in [2.45, 2.75) is 6.92 Å². The summed E-state index contributed by atoms with van der Waals surface area (Å²) in [5, 5.41) is 0. The van der Waals surface area contributed by atoms with Gasteiger partial charge in [0.15, 0.2) is 5.75 Å². The number of carbonyl (C=O) groups excluding carboxylic acids is 1. The molecule has 0 saturated heterocycles. The normalized spacial score (nSPS) is 10.2. The molecule has 0 fully saturated rings. The molecule has 0 radical (unpaired) electrons. The van der Waals surface area contributed by atoms with Crippen LogP contribution in [0.4, 0.5) is 5.69 Å². The van der Waals surface area contributed by atoms with Crippen molar-refractivity contribution < 1.29 is 9.53 Å². The molecule has 2 rings (SSSR count). The minimum atomic E-state index is -0.521. The second-order valence-electron chi connectivity index (χ2n) is 4.15. The van der Waals surface area contributed by atoms with E-state index in [1.807, 2.05) is 25.1 Å². The Labute approximate surface area is 119 Å². The van der Waals surface area contributed by atoms with Gasteiger partial charge >= 0.3 is 0 Å². The molecule has 0 bridgehead atoms. The minimum Gasteiger partial charge on any atom is -0.454 e. The molecule has 0 unspecified atom stereocenters. The van der Waals surface area contributed by atoms with Gasteiger partial charge in [-0.05, 0) is 58.7 Å². The van der Waals surface area contributed by atoms with Gasteiger partial charge in [0, 0.05) is 5.56 Å². The summed E-state index contributed by atoms with van der Waals surface area (Å²) in [6.07, 6.45) is 0. The first kappa shape index (κ1) is 13.4. The van der Waals surface area contributed by atoms with Crippen molar-refractivity contribution in [3.63, 3.8) is 0 Å². The third-order valence-corrected chi connectivity index (χ3v) is 3.23. The molecule has 4 N–H and O–H groups in total. The Bertz CT molecular complexity index is 641. The molecule has 0 aromatic heterocycles. The molecule has 98 valence electrons. The maximum Gasteiger partial charge on any atom is 0.248 e. The van der Waals surface area contributed by atoms with Gasteiger partial charge in [0.05, 0.1) is 10.2 Å². The highest BCUT2D eigenvalue weighted by molar-refractivity contribution is 9.10. The van der Waals surface area contributed by atoms with E-state index in [1.54, 1.807) is 12.1 Å². The Balaban J connectivity index is 2.37. The van der Waals surface area contributed by atoms with Crippen LogP contribution in [0.5, 0.6) is 11.5 Å². The van der Waals surface area contributed by atoms with Crippen molar-refractivity contribution in [1.29, 1.82) is 0 Å². The zero-order valence-corrected chi connectivity index (χ0v) is 11.9. The maximum absolute atomic E-state index is 11.1. The monoisotopic (exact) mass is 320 g/mol. The number of hydrogen-bond donors (Lipinski definition) is 2. The lowest BCUT2D eigenvalue weighted by atomic mass is 10.2. The second-order valence-corrected chi connectivity index (χ2v) is 5.01. The van der Waals surface area contributed by atoms with Gasteiger partial charge in [-0.15, -0.1) is 0 Å². The van der Waals surface area contributed by atoms with Gasteiger partial charge in [0.2, 0.25) is 5.91 Å². The van der Waals surface area contributed by atoms with E-state index in [0.29, 0.717) is 22.7 Å². The summed E-state index contributed by atoms with van der Waals surface area (Å²) in [4.78, 5) is 11.1. The van der Waals surface area contributed by atoms with Crippen LogP contribution in [0.25, 0.3) is 0 Å². The van der Waals surface area contributed by atoms with Crippen molar-refractivity contribution >= 4 is 27.5 Å². The Morgan fingerprint density at radius 1 is 1.16 bits per heavy atom. The molecule has 2 aromatic rings. The van der Waals surface area contributed by atoms with E-state index in [9.17, 15) is 4.79 Å². The van der Waals surface area contributed by atoms with E-state index in [1.165, 1.54) is 6.07 Å². The zero-order valence-electron chi connectivity index (χ0n) is 10.3. The van der Waals surface area contributed by atoms with Crippen LogP contribution >= 0.6 is 15.9 Å². The van der Waals surface area contributed by atoms with Crippen LogP contribution in [0.1, 0.15) is 15.9 Å². The van der Waals surface area contributed by atoms with Crippen LogP contribution < -0.4 is 16.2 Å². The van der Waals surface area contributed by atoms with Crippen LogP contribution in [-0.2, 0) is 0 Å². The number of primary amides is 1. The number of nitrogens with two attached hydrogens (primary N) is 2. The number of aryl methyl sites for hydroxylation is 1. The van der Waals surface area contributed by atoms with Crippen LogP contribution in [0, 0.1) is 6.92 Å². The van der Waals surface area contributed by atoms with Crippen molar-refractivity contribution in [2.24, 2.45) is 5.73 Å². The molecule has 0 saturated carbocycles. The standard InChI is InChI=1S/C14H13BrN2O2/c1-8-2-5-12(10(15)6-8)19-13-7-9(14(17)18)3-4-11(13)16/h2-7H,16H2,1H3,(H2,17,18). The highest BCUT2D eigenvalue weighted by atomic mass is 79.9. The summed E-state index contributed by atoms with van der Waals surface area (Å²) in [6.45, 7) is 1.98. The highest BCUT2D eigenvalue weighted by Crippen LogP contribution is 2.33. The fourth-order valence-corrected chi connectivity index (χ4v) is 2.16. The zero-order chi connectivity index (χ0) is 14.0. The van der Waals surface area contributed by atoms with Crippen LogP contribution in [-0.4, -0.2) is 5.91 Å². The number of hydrogen-bond acceptors (Lipinski definition) is 3. The largest absolute Gasteiger partial charge is 0.454 e. The van der Waals surface area contributed by atoms with Crippen LogP contribution in [0.2, 0.25) is 0 Å². The van der Waals surface area contributed by atoms with Gasteiger partial charge in [-0.25, -0.2) is 0 Å². The first-order valence-corrected chi connectivity index (χ1v) is 6.40. The smallest absolute Gasteiger partial charge is 0.248 e. The minimum absolute atomic E-state index is 0.354. The molecule has 0 heterocycles. The third-order valence-electron chi connectivity index (χ3n) is 2.61. The molecule has 2 aromatic carbocycles. The number of ether oxygens (including phenoxy) is 1. The van der Waals surface area contributed by atoms with E-state index in [-0.39, 0.29) is 0 Å². The quantitative estimate of drug-likeness (QED) is 0.852. The van der Waals surface area contributed by atoms with Crippen molar-refractivity contribution in [1.82, 2.24) is 0 Å². The second kappa shape index (κ2) is 5.32. The van der Waals surface area contributed by atoms with Crippen molar-refractivity contribution in [2.75, 3.05) is 5.73 Å². The summed E-state index contributed by atoms with van der Waals surface area (Å²) in [5.41, 5.74) is 13.0. The number of rotatable bonds is 3. The molecular weight excluding hydrogens is 308 g/mol. The Hall–Kier alpha value is -2.01. The molecule has 4 nitrogen and oxygen atoms in total. The summed E-state index contributed by atoms with van der Waals surface area (Å²) in [5.74, 6) is 0.507. The molecule has 19 heavy (non-hydrogen) atoms. The molecule has 0 aliphatic heterocycles. The number of carbonyl (C=O) groups is 1. The summed E-state index contributed by atoms with van der Waals surface area (Å²) in [6, 6.07) is 10.4. The van der Waals surface area contributed by atoms with Gasteiger partial charge < -0.3 is 16.2 Å². The van der Waals surface area contributed by atoms with E-state index in [2.05, 4.69) is 15.9 Å². The molecule has 5 heteroatoms. The average Bonchev–Trinajstić information content (AvgIpc) is 2.34. The Morgan fingerprint density at radius 3 is 2.53 bits per heavy atom. The third kappa shape index (κ3) is 3.06. The van der Waals surface area contributed by atoms with Gasteiger partial charge in [-0.1, -0.05) is 6.07 Å². The average molecular weight is 321 g/mol. The van der Waals surface area contributed by atoms with Gasteiger partial charge in [-0.2, -0.15) is 0 Å². The molecule has 1 amide bonds. The fourth-order valence-electron chi connectivity index (χ4n) is 1.58. The summed E-state index contributed by atoms with van der Waals surface area (Å²) in [7, 11) is 0. The molecule has 0 atom stereocenters. The fraction of sp³-hybridized carbons (Fsp3) is 0.0714. The predicted octanol–water partition coefficient (Wildman–Crippen LogP) is 3.23. The lowest BCUT2D eigenvalue weighted by Crippen LogP contribution is -2.11. The Kier molecular flexibility index (Phi) is 3.76.